The van der Waals surface area contributed by atoms with Crippen LogP contribution in [0.4, 0.5) is 0 Å². The standard InChI is InChI=1S/C14H26N4O2S/c1-11-14(12(2)16-15-11)21(19,20)18(10-9-17(3)4)13-7-5-6-8-13/h13H,5-10H2,1-4H3,(H,15,16). The van der Waals surface area contributed by atoms with Gasteiger partial charge in [-0.2, -0.15) is 9.40 Å². The molecule has 1 saturated carbocycles. The van der Waals surface area contributed by atoms with Crippen LogP contribution in [0, 0.1) is 13.8 Å². The van der Waals surface area contributed by atoms with E-state index in [0.717, 1.165) is 32.2 Å². The molecule has 0 spiro atoms. The second kappa shape index (κ2) is 6.46. The highest BCUT2D eigenvalue weighted by Crippen LogP contribution is 2.30. The zero-order valence-corrected chi connectivity index (χ0v) is 14.2. The van der Waals surface area contributed by atoms with Crippen LogP contribution in [0.2, 0.25) is 0 Å². The Kier molecular flexibility index (Phi) is 5.06. The molecule has 0 saturated heterocycles. The molecular weight excluding hydrogens is 288 g/mol. The first-order valence-electron chi connectivity index (χ1n) is 7.52. The van der Waals surface area contributed by atoms with Crippen LogP contribution in [-0.4, -0.2) is 61.0 Å². The van der Waals surface area contributed by atoms with Gasteiger partial charge in [0.2, 0.25) is 10.0 Å². The zero-order chi connectivity index (χ0) is 15.6. The van der Waals surface area contributed by atoms with E-state index < -0.39 is 10.0 Å². The maximum atomic E-state index is 13.1. The van der Waals surface area contributed by atoms with Gasteiger partial charge in [-0.1, -0.05) is 12.8 Å². The fraction of sp³-hybridized carbons (Fsp3) is 0.786. The van der Waals surface area contributed by atoms with Crippen molar-refractivity contribution in [2.75, 3.05) is 27.2 Å². The smallest absolute Gasteiger partial charge is 0.247 e. The summed E-state index contributed by atoms with van der Waals surface area (Å²) < 4.78 is 27.9. The summed E-state index contributed by atoms with van der Waals surface area (Å²) in [5.74, 6) is 0. The molecule has 1 aromatic rings. The molecule has 0 amide bonds. The molecule has 0 radical (unpaired) electrons. The van der Waals surface area contributed by atoms with Crippen LogP contribution in [0.1, 0.15) is 37.1 Å². The predicted molar refractivity (Wildman–Crippen MR) is 82.8 cm³/mol. The van der Waals surface area contributed by atoms with Crippen molar-refractivity contribution in [1.29, 1.82) is 0 Å². The molecule has 0 aromatic carbocycles. The number of aryl methyl sites for hydroxylation is 2. The van der Waals surface area contributed by atoms with Gasteiger partial charge >= 0.3 is 0 Å². The third-order valence-corrected chi connectivity index (χ3v) is 6.34. The van der Waals surface area contributed by atoms with Gasteiger partial charge < -0.3 is 4.90 Å². The first-order valence-corrected chi connectivity index (χ1v) is 8.96. The molecule has 2 rings (SSSR count). The van der Waals surface area contributed by atoms with Gasteiger partial charge in [-0.3, -0.25) is 5.10 Å². The van der Waals surface area contributed by atoms with E-state index in [-0.39, 0.29) is 6.04 Å². The molecule has 0 unspecified atom stereocenters. The number of H-pyrrole nitrogens is 1. The molecule has 1 fully saturated rings. The van der Waals surface area contributed by atoms with Crippen LogP contribution < -0.4 is 0 Å². The highest BCUT2D eigenvalue weighted by atomic mass is 32.2. The van der Waals surface area contributed by atoms with E-state index in [9.17, 15) is 8.42 Å². The van der Waals surface area contributed by atoms with Crippen molar-refractivity contribution in [3.05, 3.63) is 11.4 Å². The first-order chi connectivity index (χ1) is 9.84. The monoisotopic (exact) mass is 314 g/mol. The molecule has 1 aliphatic rings. The van der Waals surface area contributed by atoms with Crippen molar-refractivity contribution < 1.29 is 8.42 Å². The Morgan fingerprint density at radius 2 is 1.81 bits per heavy atom. The topological polar surface area (TPSA) is 69.3 Å². The average molecular weight is 314 g/mol. The highest BCUT2D eigenvalue weighted by Gasteiger charge is 2.35. The fourth-order valence-electron chi connectivity index (χ4n) is 3.03. The maximum Gasteiger partial charge on any atom is 0.247 e. The average Bonchev–Trinajstić information content (AvgIpc) is 2.99. The lowest BCUT2D eigenvalue weighted by atomic mass is 10.2. The number of aromatic amines is 1. The Bertz CT molecular complexity index is 554. The third-order valence-electron chi connectivity index (χ3n) is 4.13. The number of hydrogen-bond donors (Lipinski definition) is 1. The number of aromatic nitrogens is 2. The van der Waals surface area contributed by atoms with Gasteiger partial charge in [0.1, 0.15) is 4.90 Å². The van der Waals surface area contributed by atoms with Gasteiger partial charge in [0.25, 0.3) is 0 Å². The minimum Gasteiger partial charge on any atom is -0.308 e. The number of sulfonamides is 1. The van der Waals surface area contributed by atoms with Crippen molar-refractivity contribution in [3.8, 4) is 0 Å². The number of hydrogen-bond acceptors (Lipinski definition) is 4. The van der Waals surface area contributed by atoms with Crippen LogP contribution in [0.25, 0.3) is 0 Å². The van der Waals surface area contributed by atoms with Crippen molar-refractivity contribution in [2.45, 2.75) is 50.5 Å². The van der Waals surface area contributed by atoms with Crippen LogP contribution in [0.5, 0.6) is 0 Å². The second-order valence-electron chi connectivity index (χ2n) is 6.12. The number of rotatable bonds is 6. The van der Waals surface area contributed by atoms with E-state index in [0.29, 0.717) is 22.8 Å². The minimum atomic E-state index is -3.49. The number of likely N-dealkylation sites (N-methyl/N-ethyl adjacent to an activating group) is 1. The summed E-state index contributed by atoms with van der Waals surface area (Å²) in [4.78, 5) is 2.38. The quantitative estimate of drug-likeness (QED) is 0.864. The summed E-state index contributed by atoms with van der Waals surface area (Å²) in [6.07, 6.45) is 4.15. The molecule has 7 heteroatoms. The van der Waals surface area contributed by atoms with Crippen molar-refractivity contribution >= 4 is 10.0 Å². The van der Waals surface area contributed by atoms with Gasteiger partial charge in [-0.05, 0) is 40.8 Å². The molecular formula is C14H26N4O2S. The lowest BCUT2D eigenvalue weighted by molar-refractivity contribution is 0.282. The number of nitrogens with one attached hydrogen (secondary N) is 1. The van der Waals surface area contributed by atoms with E-state index in [1.165, 1.54) is 0 Å². The van der Waals surface area contributed by atoms with E-state index in [4.69, 9.17) is 0 Å². The molecule has 1 N–H and O–H groups in total. The molecule has 1 aliphatic carbocycles. The molecule has 1 aromatic heterocycles. The van der Waals surface area contributed by atoms with E-state index in [1.54, 1.807) is 18.2 Å². The number of nitrogens with zero attached hydrogens (tertiary/aromatic N) is 3. The van der Waals surface area contributed by atoms with Gasteiger partial charge in [0.15, 0.2) is 0 Å². The normalized spacial score (nSPS) is 17.2. The summed E-state index contributed by atoms with van der Waals surface area (Å²) in [6, 6.07) is 0.128. The molecule has 120 valence electrons. The van der Waals surface area contributed by atoms with E-state index in [1.807, 2.05) is 19.0 Å². The Labute approximate surface area is 127 Å². The second-order valence-corrected chi connectivity index (χ2v) is 7.95. The lowest BCUT2D eigenvalue weighted by Crippen LogP contribution is -2.42. The SMILES string of the molecule is Cc1n[nH]c(C)c1S(=O)(=O)N(CCN(C)C)C1CCCC1. The van der Waals surface area contributed by atoms with E-state index >= 15 is 0 Å². The Morgan fingerprint density at radius 3 is 2.29 bits per heavy atom. The van der Waals surface area contributed by atoms with Crippen LogP contribution in [0.15, 0.2) is 4.90 Å². The van der Waals surface area contributed by atoms with Gasteiger partial charge in [-0.25, -0.2) is 8.42 Å². The highest BCUT2D eigenvalue weighted by molar-refractivity contribution is 7.89. The summed E-state index contributed by atoms with van der Waals surface area (Å²) in [5, 5.41) is 6.83. The molecule has 0 bridgehead atoms. The molecule has 0 atom stereocenters. The predicted octanol–water partition coefficient (Wildman–Crippen LogP) is 1.52. The minimum absolute atomic E-state index is 0.128. The van der Waals surface area contributed by atoms with Crippen LogP contribution >= 0.6 is 0 Å². The van der Waals surface area contributed by atoms with Gasteiger partial charge in [0.05, 0.1) is 11.4 Å². The van der Waals surface area contributed by atoms with Crippen molar-refractivity contribution in [1.82, 2.24) is 19.4 Å². The fourth-order valence-corrected chi connectivity index (χ4v) is 5.04. The van der Waals surface area contributed by atoms with Crippen LogP contribution in [-0.2, 0) is 10.0 Å². The maximum absolute atomic E-state index is 13.1. The molecule has 21 heavy (non-hydrogen) atoms. The Hall–Kier alpha value is -0.920. The first kappa shape index (κ1) is 16.5. The third kappa shape index (κ3) is 3.46. The summed E-state index contributed by atoms with van der Waals surface area (Å²) >= 11 is 0. The Morgan fingerprint density at radius 1 is 1.19 bits per heavy atom. The molecule has 0 aliphatic heterocycles. The van der Waals surface area contributed by atoms with Crippen molar-refractivity contribution in [2.24, 2.45) is 0 Å². The summed E-state index contributed by atoms with van der Waals surface area (Å²) in [6.45, 7) is 4.77. The molecule has 6 nitrogen and oxygen atoms in total. The van der Waals surface area contributed by atoms with E-state index in [2.05, 4.69) is 10.2 Å². The zero-order valence-electron chi connectivity index (χ0n) is 13.4. The van der Waals surface area contributed by atoms with Crippen molar-refractivity contribution in [3.63, 3.8) is 0 Å². The summed E-state index contributed by atoms with van der Waals surface area (Å²) in [7, 11) is 0.447. The Balaban J connectivity index is 2.34. The largest absolute Gasteiger partial charge is 0.308 e. The lowest BCUT2D eigenvalue weighted by Gasteiger charge is -2.29. The van der Waals surface area contributed by atoms with Crippen LogP contribution in [0.3, 0.4) is 0 Å². The van der Waals surface area contributed by atoms with Gasteiger partial charge in [0, 0.05) is 19.1 Å². The summed E-state index contributed by atoms with van der Waals surface area (Å²) in [5.41, 5.74) is 1.18. The van der Waals surface area contributed by atoms with Gasteiger partial charge in [-0.15, -0.1) is 0 Å². The molecule has 1 heterocycles.